The minimum Gasteiger partial charge on any atom is -0.381 e. The van der Waals surface area contributed by atoms with Crippen LogP contribution in [-0.4, -0.2) is 70.6 Å². The summed E-state index contributed by atoms with van der Waals surface area (Å²) in [6, 6.07) is 3.45. The third kappa shape index (κ3) is 3.79. The molecule has 0 aliphatic carbocycles. The Bertz CT molecular complexity index is 867. The Morgan fingerprint density at radius 1 is 1.27 bits per heavy atom. The van der Waals surface area contributed by atoms with Crippen molar-refractivity contribution in [1.29, 1.82) is 0 Å². The van der Waals surface area contributed by atoms with Crippen LogP contribution in [0.5, 0.6) is 0 Å². The van der Waals surface area contributed by atoms with Crippen LogP contribution in [0.15, 0.2) is 35.3 Å². The van der Waals surface area contributed by atoms with Crippen LogP contribution in [-0.2, 0) is 11.3 Å². The zero-order valence-corrected chi connectivity index (χ0v) is 17.1. The van der Waals surface area contributed by atoms with Crippen molar-refractivity contribution in [2.75, 3.05) is 33.0 Å². The quantitative estimate of drug-likeness (QED) is 0.816. The average molecular weight is 414 g/mol. The van der Waals surface area contributed by atoms with Crippen LogP contribution in [0, 0.1) is 17.7 Å². The van der Waals surface area contributed by atoms with Gasteiger partial charge in [-0.25, -0.2) is 14.2 Å². The Kier molecular flexibility index (Phi) is 5.16. The molecule has 0 radical (unpaired) electrons. The Balaban J connectivity index is 1.29. The van der Waals surface area contributed by atoms with Crippen molar-refractivity contribution in [3.05, 3.63) is 41.9 Å². The summed E-state index contributed by atoms with van der Waals surface area (Å²) in [5.41, 5.74) is 0.843. The summed E-state index contributed by atoms with van der Waals surface area (Å²) in [4.78, 5) is 28.0. The second kappa shape index (κ2) is 7.96. The summed E-state index contributed by atoms with van der Waals surface area (Å²) >= 11 is 0. The van der Waals surface area contributed by atoms with Gasteiger partial charge >= 0.3 is 6.03 Å². The third-order valence-electron chi connectivity index (χ3n) is 6.45. The lowest BCUT2D eigenvalue weighted by Crippen LogP contribution is -2.50. The van der Waals surface area contributed by atoms with E-state index in [0.717, 1.165) is 56.5 Å². The fraction of sp³-hybridized carbons (Fsp3) is 0.571. The molecule has 5 heterocycles. The predicted octanol–water partition coefficient (Wildman–Crippen LogP) is 1.96. The van der Waals surface area contributed by atoms with Gasteiger partial charge in [0.15, 0.2) is 5.82 Å². The number of nitrogens with zero attached hydrogens (tertiary/aromatic N) is 5. The number of fused-ring (bicyclic) bond motifs is 1. The number of aliphatic imine (C=N–C) groups is 1. The molecule has 1 aromatic heterocycles. The Hall–Kier alpha value is -2.52. The largest absolute Gasteiger partial charge is 0.381 e. The Labute approximate surface area is 175 Å². The molecule has 5 rings (SSSR count). The molecule has 2 unspecified atom stereocenters. The number of carbonyl (C=O) groups is 1. The fourth-order valence-corrected chi connectivity index (χ4v) is 4.78. The second-order valence-electron chi connectivity index (χ2n) is 8.59. The van der Waals surface area contributed by atoms with Crippen molar-refractivity contribution < 1.29 is 13.9 Å². The summed E-state index contributed by atoms with van der Waals surface area (Å²) < 4.78 is 18.6. The van der Waals surface area contributed by atoms with Crippen LogP contribution < -0.4 is 5.32 Å². The first-order valence-electron chi connectivity index (χ1n) is 10.6. The van der Waals surface area contributed by atoms with Gasteiger partial charge in [-0.2, -0.15) is 0 Å². The molecule has 30 heavy (non-hydrogen) atoms. The lowest BCUT2D eigenvalue weighted by Gasteiger charge is -2.32. The van der Waals surface area contributed by atoms with E-state index in [1.54, 1.807) is 11.0 Å². The zero-order chi connectivity index (χ0) is 20.7. The Morgan fingerprint density at radius 2 is 2.10 bits per heavy atom. The maximum absolute atomic E-state index is 13.1. The number of amides is 2. The van der Waals surface area contributed by atoms with Gasteiger partial charge in [0.1, 0.15) is 18.3 Å². The molecule has 1 N–H and O–H groups in total. The van der Waals surface area contributed by atoms with Gasteiger partial charge in [0.05, 0.1) is 11.9 Å². The Morgan fingerprint density at radius 3 is 2.87 bits per heavy atom. The van der Waals surface area contributed by atoms with Crippen molar-refractivity contribution in [3.8, 4) is 0 Å². The molecule has 4 aliphatic rings. The van der Waals surface area contributed by atoms with Crippen LogP contribution in [0.3, 0.4) is 0 Å². The summed E-state index contributed by atoms with van der Waals surface area (Å²) in [6.45, 7) is 6.60. The predicted molar refractivity (Wildman–Crippen MR) is 109 cm³/mol. The summed E-state index contributed by atoms with van der Waals surface area (Å²) in [5.74, 6) is 1.65. The minimum atomic E-state index is -0.324. The lowest BCUT2D eigenvalue weighted by molar-refractivity contribution is 0.0459. The van der Waals surface area contributed by atoms with Crippen LogP contribution in [0.25, 0.3) is 0 Å². The molecule has 0 aromatic carbocycles. The molecule has 160 valence electrons. The number of hydrogen-bond acceptors (Lipinski definition) is 6. The highest BCUT2D eigenvalue weighted by molar-refractivity contribution is 6.02. The highest BCUT2D eigenvalue weighted by atomic mass is 19.1. The van der Waals surface area contributed by atoms with E-state index in [1.807, 2.05) is 6.20 Å². The van der Waals surface area contributed by atoms with Crippen LogP contribution in [0.1, 0.15) is 25.5 Å². The van der Waals surface area contributed by atoms with Gasteiger partial charge in [-0.05, 0) is 30.9 Å². The van der Waals surface area contributed by atoms with E-state index in [-0.39, 0.29) is 17.8 Å². The number of amidine groups is 1. The van der Waals surface area contributed by atoms with Crippen molar-refractivity contribution in [3.63, 3.8) is 0 Å². The minimum absolute atomic E-state index is 0.105. The zero-order valence-electron chi connectivity index (χ0n) is 17.1. The monoisotopic (exact) mass is 414 g/mol. The molecular formula is C21H27FN6O2. The van der Waals surface area contributed by atoms with Gasteiger partial charge in [-0.1, -0.05) is 6.92 Å². The number of nitrogens with one attached hydrogen (secondary N) is 1. The van der Waals surface area contributed by atoms with E-state index >= 15 is 0 Å². The topological polar surface area (TPSA) is 73.3 Å². The summed E-state index contributed by atoms with van der Waals surface area (Å²) in [6.07, 6.45) is 5.22. The van der Waals surface area contributed by atoms with Crippen molar-refractivity contribution in [2.45, 2.75) is 32.4 Å². The van der Waals surface area contributed by atoms with Crippen molar-refractivity contribution in [2.24, 2.45) is 16.8 Å². The van der Waals surface area contributed by atoms with E-state index in [4.69, 9.17) is 9.73 Å². The average Bonchev–Trinajstić information content (AvgIpc) is 3.34. The molecule has 8 nitrogen and oxygen atoms in total. The van der Waals surface area contributed by atoms with Gasteiger partial charge in [0.2, 0.25) is 0 Å². The fourth-order valence-electron chi connectivity index (χ4n) is 4.78. The van der Waals surface area contributed by atoms with E-state index in [1.165, 1.54) is 12.3 Å². The summed E-state index contributed by atoms with van der Waals surface area (Å²) in [7, 11) is 0. The maximum atomic E-state index is 13.1. The number of carbonyl (C=O) groups excluding carboxylic acids is 1. The van der Waals surface area contributed by atoms with Crippen LogP contribution in [0.4, 0.5) is 9.18 Å². The van der Waals surface area contributed by atoms with Crippen LogP contribution in [0.2, 0.25) is 0 Å². The van der Waals surface area contributed by atoms with Gasteiger partial charge in [0.25, 0.3) is 0 Å². The third-order valence-corrected chi connectivity index (χ3v) is 6.45. The van der Waals surface area contributed by atoms with E-state index in [9.17, 15) is 9.18 Å². The first-order chi connectivity index (χ1) is 14.6. The molecule has 4 aliphatic heterocycles. The molecule has 2 fully saturated rings. The smallest absolute Gasteiger partial charge is 0.329 e. The number of likely N-dealkylation sites (tertiary alicyclic amines) is 1. The molecular weight excluding hydrogens is 387 g/mol. The SMILES string of the molecule is CC1CN(Cc2ccc(F)cn2)CC1C1=NC2=CN(C3CCOCC3)CN2C(=O)N1. The first kappa shape index (κ1) is 19.4. The number of pyridine rings is 1. The number of halogens is 1. The normalized spacial score (nSPS) is 27.7. The number of aromatic nitrogens is 1. The van der Waals surface area contributed by atoms with Crippen LogP contribution >= 0.6 is 0 Å². The van der Waals surface area contributed by atoms with Gasteiger partial charge in [-0.3, -0.25) is 20.1 Å². The van der Waals surface area contributed by atoms with E-state index in [0.29, 0.717) is 25.2 Å². The number of hydrogen-bond donors (Lipinski definition) is 1. The molecule has 2 saturated heterocycles. The second-order valence-corrected chi connectivity index (χ2v) is 8.59. The van der Waals surface area contributed by atoms with Gasteiger partial charge < -0.3 is 9.64 Å². The molecule has 0 spiro atoms. The van der Waals surface area contributed by atoms with Gasteiger partial charge in [0, 0.05) is 51.0 Å². The van der Waals surface area contributed by atoms with Crippen molar-refractivity contribution >= 4 is 11.9 Å². The number of rotatable bonds is 4. The maximum Gasteiger partial charge on any atom is 0.329 e. The first-order valence-corrected chi connectivity index (χ1v) is 10.6. The molecule has 2 amide bonds. The van der Waals surface area contributed by atoms with E-state index in [2.05, 4.69) is 27.0 Å². The van der Waals surface area contributed by atoms with E-state index < -0.39 is 0 Å². The highest BCUT2D eigenvalue weighted by Gasteiger charge is 2.40. The molecule has 9 heteroatoms. The highest BCUT2D eigenvalue weighted by Crippen LogP contribution is 2.30. The number of ether oxygens (including phenoxy) is 1. The molecule has 0 bridgehead atoms. The lowest BCUT2D eigenvalue weighted by atomic mass is 9.96. The van der Waals surface area contributed by atoms with Gasteiger partial charge in [-0.15, -0.1) is 0 Å². The molecule has 1 aromatic rings. The molecule has 2 atom stereocenters. The number of urea groups is 1. The molecule has 0 saturated carbocycles. The summed E-state index contributed by atoms with van der Waals surface area (Å²) in [5, 5.41) is 3.03. The standard InChI is InChI=1S/C21H27FN6O2/c1-14-9-26(10-16-3-2-15(22)8-23-16)11-18(14)20-24-19-12-27(13-28(19)21(29)25-20)17-4-6-30-7-5-17/h2-3,8,12,14,17-18H,4-7,9-11,13H2,1H3,(H,24,25,29). The van der Waals surface area contributed by atoms with Crippen molar-refractivity contribution in [1.82, 2.24) is 25.0 Å².